The molecule has 1 aromatic heterocycles. The summed E-state index contributed by atoms with van der Waals surface area (Å²) in [4.78, 5) is 0. The fraction of sp³-hybridized carbons (Fsp3) is 0. The lowest BCUT2D eigenvalue weighted by atomic mass is 10.2. The summed E-state index contributed by atoms with van der Waals surface area (Å²) in [7, 11) is 0. The van der Waals surface area contributed by atoms with Crippen LogP contribution >= 0.6 is 11.3 Å². The van der Waals surface area contributed by atoms with E-state index in [9.17, 15) is 5.11 Å². The fourth-order valence-corrected chi connectivity index (χ4v) is 2.00. The molecule has 5 N–H and O–H groups in total. The van der Waals surface area contributed by atoms with Crippen LogP contribution in [0.3, 0.4) is 0 Å². The van der Waals surface area contributed by atoms with Crippen LogP contribution in [0.1, 0.15) is 0 Å². The molecule has 0 spiro atoms. The van der Waals surface area contributed by atoms with Crippen molar-refractivity contribution in [3.05, 3.63) is 17.5 Å². The Morgan fingerprint density at radius 1 is 1.17 bits per heavy atom. The van der Waals surface area contributed by atoms with Gasteiger partial charge in [-0.1, -0.05) is 0 Å². The number of rotatable bonds is 0. The van der Waals surface area contributed by atoms with E-state index in [1.54, 1.807) is 11.4 Å². The third kappa shape index (κ3) is 0.816. The van der Waals surface area contributed by atoms with Crippen molar-refractivity contribution < 1.29 is 5.11 Å². The van der Waals surface area contributed by atoms with Gasteiger partial charge in [-0.05, 0) is 12.1 Å². The number of hydrogen-bond donors (Lipinski definition) is 3. The lowest BCUT2D eigenvalue weighted by molar-refractivity contribution is 0.484. The molecule has 0 fully saturated rings. The van der Waals surface area contributed by atoms with Crippen LogP contribution in [0.5, 0.6) is 5.75 Å². The number of fused-ring (bicyclic) bond motifs is 1. The summed E-state index contributed by atoms with van der Waals surface area (Å²) in [6.45, 7) is 0. The third-order valence-corrected chi connectivity index (χ3v) is 2.74. The third-order valence-electron chi connectivity index (χ3n) is 1.77. The van der Waals surface area contributed by atoms with E-state index < -0.39 is 0 Å². The largest absolute Gasteiger partial charge is 0.505 e. The van der Waals surface area contributed by atoms with Gasteiger partial charge < -0.3 is 16.6 Å². The standard InChI is InChI=1S/C8H8N2OS/c9-4-1-2-6-7(8(4)11)5(10)3-12-6/h1-3,11H,9-10H2. The molecule has 0 aliphatic rings. The van der Waals surface area contributed by atoms with Gasteiger partial charge in [0, 0.05) is 10.1 Å². The summed E-state index contributed by atoms with van der Waals surface area (Å²) >= 11 is 1.50. The monoisotopic (exact) mass is 180 g/mol. The molecule has 0 amide bonds. The number of nitrogens with two attached hydrogens (primary N) is 2. The van der Waals surface area contributed by atoms with Gasteiger partial charge in [-0.25, -0.2) is 0 Å². The second kappa shape index (κ2) is 2.28. The maximum absolute atomic E-state index is 9.53. The minimum Gasteiger partial charge on any atom is -0.505 e. The van der Waals surface area contributed by atoms with E-state index in [2.05, 4.69) is 0 Å². The first-order chi connectivity index (χ1) is 5.70. The van der Waals surface area contributed by atoms with Gasteiger partial charge in [0.15, 0.2) is 0 Å². The van der Waals surface area contributed by atoms with Crippen molar-refractivity contribution in [2.45, 2.75) is 0 Å². The first-order valence-corrected chi connectivity index (χ1v) is 4.32. The first kappa shape index (κ1) is 7.24. The maximum atomic E-state index is 9.53. The van der Waals surface area contributed by atoms with Gasteiger partial charge >= 0.3 is 0 Å². The maximum Gasteiger partial charge on any atom is 0.149 e. The normalized spacial score (nSPS) is 10.7. The zero-order valence-corrected chi connectivity index (χ0v) is 7.06. The van der Waals surface area contributed by atoms with Crippen LogP contribution in [0.4, 0.5) is 11.4 Å². The Hall–Kier alpha value is -1.42. The lowest BCUT2D eigenvalue weighted by Crippen LogP contribution is -1.87. The molecule has 4 heteroatoms. The van der Waals surface area contributed by atoms with Crippen LogP contribution in [0.15, 0.2) is 17.5 Å². The zero-order chi connectivity index (χ0) is 8.72. The molecule has 0 saturated heterocycles. The Morgan fingerprint density at radius 2 is 1.92 bits per heavy atom. The number of anilines is 2. The SMILES string of the molecule is Nc1ccc2scc(N)c2c1O. The van der Waals surface area contributed by atoms with Crippen LogP contribution in [0.2, 0.25) is 0 Å². The summed E-state index contributed by atoms with van der Waals surface area (Å²) in [5, 5.41) is 12.0. The van der Waals surface area contributed by atoms with Gasteiger partial charge in [0.2, 0.25) is 0 Å². The van der Waals surface area contributed by atoms with E-state index in [0.717, 1.165) is 4.70 Å². The summed E-state index contributed by atoms with van der Waals surface area (Å²) in [6.07, 6.45) is 0. The zero-order valence-electron chi connectivity index (χ0n) is 6.24. The molecule has 0 unspecified atom stereocenters. The molecule has 0 saturated carbocycles. The van der Waals surface area contributed by atoms with Crippen LogP contribution < -0.4 is 11.5 Å². The van der Waals surface area contributed by atoms with Crippen LogP contribution in [-0.4, -0.2) is 5.11 Å². The Labute approximate surface area is 73.2 Å². The van der Waals surface area contributed by atoms with Gasteiger partial charge in [0.05, 0.1) is 16.8 Å². The Morgan fingerprint density at radius 3 is 2.67 bits per heavy atom. The highest BCUT2D eigenvalue weighted by Gasteiger charge is 2.07. The van der Waals surface area contributed by atoms with Crippen LogP contribution in [0, 0.1) is 0 Å². The highest BCUT2D eigenvalue weighted by Crippen LogP contribution is 2.38. The molecule has 2 aromatic rings. The fourth-order valence-electron chi connectivity index (χ4n) is 1.15. The highest BCUT2D eigenvalue weighted by atomic mass is 32.1. The van der Waals surface area contributed by atoms with E-state index in [1.165, 1.54) is 11.3 Å². The number of phenols is 1. The van der Waals surface area contributed by atoms with Gasteiger partial charge in [-0.2, -0.15) is 0 Å². The average molecular weight is 180 g/mol. The quantitative estimate of drug-likeness (QED) is 0.427. The van der Waals surface area contributed by atoms with Gasteiger partial charge in [-0.3, -0.25) is 0 Å². The smallest absolute Gasteiger partial charge is 0.149 e. The molecule has 1 heterocycles. The molecular formula is C8H8N2OS. The number of thiophene rings is 1. The summed E-state index contributed by atoms with van der Waals surface area (Å²) in [6, 6.07) is 3.53. The number of nitrogen functional groups attached to an aromatic ring is 2. The number of benzene rings is 1. The molecule has 0 radical (unpaired) electrons. The molecular weight excluding hydrogens is 172 g/mol. The minimum atomic E-state index is 0.0891. The summed E-state index contributed by atoms with van der Waals surface area (Å²) < 4.78 is 0.958. The van der Waals surface area contributed by atoms with E-state index >= 15 is 0 Å². The lowest BCUT2D eigenvalue weighted by Gasteiger charge is -1.99. The molecule has 3 nitrogen and oxygen atoms in total. The Balaban J connectivity index is 2.96. The number of hydrogen-bond acceptors (Lipinski definition) is 4. The molecule has 62 valence electrons. The highest BCUT2D eigenvalue weighted by molar-refractivity contribution is 7.17. The van der Waals surface area contributed by atoms with E-state index in [4.69, 9.17) is 11.5 Å². The molecule has 1 aromatic carbocycles. The van der Waals surface area contributed by atoms with Gasteiger partial charge in [0.25, 0.3) is 0 Å². The second-order valence-electron chi connectivity index (χ2n) is 2.57. The summed E-state index contributed by atoms with van der Waals surface area (Å²) in [5.74, 6) is 0.0891. The van der Waals surface area contributed by atoms with Crippen LogP contribution in [0.25, 0.3) is 10.1 Å². The van der Waals surface area contributed by atoms with E-state index in [-0.39, 0.29) is 5.75 Å². The molecule has 0 bridgehead atoms. The number of phenolic OH excluding ortho intramolecular Hbond substituents is 1. The topological polar surface area (TPSA) is 72.3 Å². The van der Waals surface area contributed by atoms with Gasteiger partial charge in [-0.15, -0.1) is 11.3 Å². The van der Waals surface area contributed by atoms with E-state index in [0.29, 0.717) is 16.8 Å². The van der Waals surface area contributed by atoms with Gasteiger partial charge in [0.1, 0.15) is 5.75 Å². The van der Waals surface area contributed by atoms with Crippen molar-refractivity contribution in [2.24, 2.45) is 0 Å². The van der Waals surface area contributed by atoms with Crippen molar-refractivity contribution >= 4 is 32.8 Å². The van der Waals surface area contributed by atoms with E-state index in [1.807, 2.05) is 6.07 Å². The van der Waals surface area contributed by atoms with Crippen molar-refractivity contribution in [1.82, 2.24) is 0 Å². The Kier molecular flexibility index (Phi) is 1.38. The summed E-state index contributed by atoms with van der Waals surface area (Å²) in [5.41, 5.74) is 12.1. The molecule has 0 aliphatic carbocycles. The predicted molar refractivity (Wildman–Crippen MR) is 52.3 cm³/mol. The van der Waals surface area contributed by atoms with Crippen molar-refractivity contribution in [3.63, 3.8) is 0 Å². The van der Waals surface area contributed by atoms with Crippen molar-refractivity contribution in [2.75, 3.05) is 11.5 Å². The van der Waals surface area contributed by atoms with Crippen molar-refractivity contribution in [3.8, 4) is 5.75 Å². The second-order valence-corrected chi connectivity index (χ2v) is 3.48. The average Bonchev–Trinajstić information content (AvgIpc) is 2.41. The minimum absolute atomic E-state index is 0.0891. The first-order valence-electron chi connectivity index (χ1n) is 3.44. The van der Waals surface area contributed by atoms with Crippen LogP contribution in [-0.2, 0) is 0 Å². The predicted octanol–water partition coefficient (Wildman–Crippen LogP) is 1.77. The number of aromatic hydroxyl groups is 1. The molecule has 0 aliphatic heterocycles. The molecule has 2 rings (SSSR count). The van der Waals surface area contributed by atoms with Crippen molar-refractivity contribution in [1.29, 1.82) is 0 Å². The Bertz CT molecular complexity index is 436. The molecule has 0 atom stereocenters. The molecule has 12 heavy (non-hydrogen) atoms.